The molecule has 2 N–H and O–H groups in total. The van der Waals surface area contributed by atoms with Crippen LogP contribution in [0.25, 0.3) is 0 Å². The van der Waals surface area contributed by atoms with E-state index in [1.165, 1.54) is 19.9 Å². The van der Waals surface area contributed by atoms with Gasteiger partial charge in [0.15, 0.2) is 0 Å². The van der Waals surface area contributed by atoms with Gasteiger partial charge in [0.1, 0.15) is 17.3 Å². The molecule has 1 rings (SSSR count). The summed E-state index contributed by atoms with van der Waals surface area (Å²) in [6.07, 6.45) is -0.379. The molecule has 0 radical (unpaired) electrons. The summed E-state index contributed by atoms with van der Waals surface area (Å²) in [6, 6.07) is 3.17. The Bertz CT molecular complexity index is 466. The van der Waals surface area contributed by atoms with Crippen LogP contribution in [0.2, 0.25) is 0 Å². The van der Waals surface area contributed by atoms with E-state index in [0.29, 0.717) is 0 Å². The molecular weight excluding hydrogens is 244 g/mol. The summed E-state index contributed by atoms with van der Waals surface area (Å²) < 4.78 is 26.5. The summed E-state index contributed by atoms with van der Waals surface area (Å²) in [5.41, 5.74) is -1.87. The SMILES string of the molecule is CC(C)(CC(=O)Nc1c(F)cccc1F)C(=O)O. The third-order valence-electron chi connectivity index (χ3n) is 2.41. The lowest BCUT2D eigenvalue weighted by Gasteiger charge is -2.18. The molecule has 0 aliphatic carbocycles. The van der Waals surface area contributed by atoms with Crippen molar-refractivity contribution in [2.24, 2.45) is 5.41 Å². The fourth-order valence-electron chi connectivity index (χ4n) is 1.28. The number of anilines is 1. The van der Waals surface area contributed by atoms with Gasteiger partial charge in [-0.2, -0.15) is 0 Å². The van der Waals surface area contributed by atoms with E-state index < -0.39 is 34.6 Å². The number of nitrogens with one attached hydrogen (secondary N) is 1. The van der Waals surface area contributed by atoms with E-state index in [1.54, 1.807) is 0 Å². The van der Waals surface area contributed by atoms with E-state index in [4.69, 9.17) is 5.11 Å². The van der Waals surface area contributed by atoms with Crippen molar-refractivity contribution in [2.75, 3.05) is 5.32 Å². The van der Waals surface area contributed by atoms with Crippen LogP contribution in [0, 0.1) is 17.0 Å². The number of carboxylic acids is 1. The summed E-state index contributed by atoms with van der Waals surface area (Å²) in [7, 11) is 0. The van der Waals surface area contributed by atoms with Crippen molar-refractivity contribution in [3.8, 4) is 0 Å². The van der Waals surface area contributed by atoms with Gasteiger partial charge in [0.25, 0.3) is 0 Å². The van der Waals surface area contributed by atoms with Crippen molar-refractivity contribution < 1.29 is 23.5 Å². The van der Waals surface area contributed by atoms with E-state index in [-0.39, 0.29) is 6.42 Å². The molecule has 0 aliphatic rings. The predicted molar refractivity (Wildman–Crippen MR) is 61.0 cm³/mol. The summed E-state index contributed by atoms with van der Waals surface area (Å²) >= 11 is 0. The van der Waals surface area contributed by atoms with E-state index in [2.05, 4.69) is 0 Å². The van der Waals surface area contributed by atoms with E-state index in [9.17, 15) is 18.4 Å². The highest BCUT2D eigenvalue weighted by Crippen LogP contribution is 2.23. The zero-order valence-corrected chi connectivity index (χ0v) is 9.96. The summed E-state index contributed by atoms with van der Waals surface area (Å²) in [5.74, 6) is -3.73. The smallest absolute Gasteiger partial charge is 0.309 e. The van der Waals surface area contributed by atoms with E-state index in [1.807, 2.05) is 5.32 Å². The molecule has 1 aromatic rings. The Kier molecular flexibility index (Phi) is 4.00. The first-order chi connectivity index (χ1) is 8.24. The Morgan fingerprint density at radius 1 is 1.28 bits per heavy atom. The van der Waals surface area contributed by atoms with Gasteiger partial charge >= 0.3 is 5.97 Å². The lowest BCUT2D eigenvalue weighted by molar-refractivity contribution is -0.148. The van der Waals surface area contributed by atoms with Crippen molar-refractivity contribution in [1.29, 1.82) is 0 Å². The zero-order valence-electron chi connectivity index (χ0n) is 9.96. The minimum atomic E-state index is -1.30. The molecule has 0 aromatic heterocycles. The molecule has 0 fully saturated rings. The van der Waals surface area contributed by atoms with Gasteiger partial charge in [0.05, 0.1) is 5.41 Å². The number of aliphatic carboxylic acids is 1. The fourth-order valence-corrected chi connectivity index (χ4v) is 1.28. The monoisotopic (exact) mass is 257 g/mol. The summed E-state index contributed by atoms with van der Waals surface area (Å²) in [6.45, 7) is 2.71. The quantitative estimate of drug-likeness (QED) is 0.870. The molecule has 1 amide bonds. The number of hydrogen-bond donors (Lipinski definition) is 2. The Labute approximate surface area is 103 Å². The third-order valence-corrected chi connectivity index (χ3v) is 2.41. The number of hydrogen-bond acceptors (Lipinski definition) is 2. The Morgan fingerprint density at radius 2 is 1.78 bits per heavy atom. The van der Waals surface area contributed by atoms with Gasteiger partial charge in [0, 0.05) is 6.42 Å². The van der Waals surface area contributed by atoms with Gasteiger partial charge in [-0.25, -0.2) is 8.78 Å². The number of carbonyl (C=O) groups excluding carboxylic acids is 1. The van der Waals surface area contributed by atoms with Gasteiger partial charge in [-0.1, -0.05) is 6.07 Å². The number of amides is 1. The second-order valence-electron chi connectivity index (χ2n) is 4.51. The molecule has 0 saturated heterocycles. The van der Waals surface area contributed by atoms with Crippen LogP contribution in [0.5, 0.6) is 0 Å². The standard InChI is InChI=1S/C12H13F2NO3/c1-12(2,11(17)18)6-9(16)15-10-7(13)4-3-5-8(10)14/h3-5H,6H2,1-2H3,(H,15,16)(H,17,18). The number of rotatable bonds is 4. The van der Waals surface area contributed by atoms with Crippen LogP contribution in [0.4, 0.5) is 14.5 Å². The normalized spacial score (nSPS) is 11.1. The highest BCUT2D eigenvalue weighted by Gasteiger charge is 2.30. The van der Waals surface area contributed by atoms with Crippen LogP contribution in [0.3, 0.4) is 0 Å². The minimum absolute atomic E-state index is 0.379. The summed E-state index contributed by atoms with van der Waals surface area (Å²) in [5, 5.41) is 10.9. The first kappa shape index (κ1) is 14.1. The van der Waals surface area contributed by atoms with Crippen molar-refractivity contribution in [3.05, 3.63) is 29.8 Å². The Balaban J connectivity index is 2.80. The molecule has 0 atom stereocenters. The molecule has 0 spiro atoms. The maximum Gasteiger partial charge on any atom is 0.309 e. The highest BCUT2D eigenvalue weighted by molar-refractivity contribution is 5.94. The maximum atomic E-state index is 13.2. The van der Waals surface area contributed by atoms with Crippen LogP contribution in [0.15, 0.2) is 18.2 Å². The molecule has 1 aromatic carbocycles. The number of para-hydroxylation sites is 1. The highest BCUT2D eigenvalue weighted by atomic mass is 19.1. The number of carbonyl (C=O) groups is 2. The van der Waals surface area contributed by atoms with Crippen LogP contribution in [-0.4, -0.2) is 17.0 Å². The molecule has 98 valence electrons. The minimum Gasteiger partial charge on any atom is -0.481 e. The van der Waals surface area contributed by atoms with Gasteiger partial charge in [-0.3, -0.25) is 9.59 Å². The van der Waals surface area contributed by atoms with Gasteiger partial charge < -0.3 is 10.4 Å². The molecule has 0 heterocycles. The van der Waals surface area contributed by atoms with Gasteiger partial charge in [-0.15, -0.1) is 0 Å². The third kappa shape index (κ3) is 3.26. The van der Waals surface area contributed by atoms with Crippen LogP contribution < -0.4 is 5.32 Å². The predicted octanol–water partition coefficient (Wildman–Crippen LogP) is 2.40. The number of carboxylic acid groups (broad SMARTS) is 1. The average molecular weight is 257 g/mol. The van der Waals surface area contributed by atoms with E-state index >= 15 is 0 Å². The number of benzene rings is 1. The molecular formula is C12H13F2NO3. The van der Waals surface area contributed by atoms with Crippen molar-refractivity contribution >= 4 is 17.6 Å². The second-order valence-corrected chi connectivity index (χ2v) is 4.51. The molecule has 4 nitrogen and oxygen atoms in total. The second kappa shape index (κ2) is 5.12. The largest absolute Gasteiger partial charge is 0.481 e. The summed E-state index contributed by atoms with van der Waals surface area (Å²) in [4.78, 5) is 22.3. The van der Waals surface area contributed by atoms with Crippen molar-refractivity contribution in [2.45, 2.75) is 20.3 Å². The molecule has 6 heteroatoms. The lowest BCUT2D eigenvalue weighted by atomic mass is 9.89. The maximum absolute atomic E-state index is 13.2. The number of halogens is 2. The zero-order chi connectivity index (χ0) is 13.9. The molecule has 0 saturated carbocycles. The first-order valence-electron chi connectivity index (χ1n) is 5.21. The van der Waals surface area contributed by atoms with Crippen molar-refractivity contribution in [3.63, 3.8) is 0 Å². The van der Waals surface area contributed by atoms with Crippen LogP contribution in [-0.2, 0) is 9.59 Å². The first-order valence-corrected chi connectivity index (χ1v) is 5.21. The molecule has 18 heavy (non-hydrogen) atoms. The topological polar surface area (TPSA) is 66.4 Å². The Morgan fingerprint density at radius 3 is 2.22 bits per heavy atom. The average Bonchev–Trinajstić information content (AvgIpc) is 2.22. The van der Waals surface area contributed by atoms with Gasteiger partial charge in [-0.05, 0) is 26.0 Å². The van der Waals surface area contributed by atoms with E-state index in [0.717, 1.165) is 12.1 Å². The molecule has 0 unspecified atom stereocenters. The fraction of sp³-hybridized carbons (Fsp3) is 0.333. The molecule has 0 aliphatic heterocycles. The van der Waals surface area contributed by atoms with Crippen LogP contribution >= 0.6 is 0 Å². The van der Waals surface area contributed by atoms with Crippen molar-refractivity contribution in [1.82, 2.24) is 0 Å². The Hall–Kier alpha value is -1.98. The van der Waals surface area contributed by atoms with Crippen LogP contribution in [0.1, 0.15) is 20.3 Å². The lowest BCUT2D eigenvalue weighted by Crippen LogP contribution is -2.30. The molecule has 0 bridgehead atoms. The van der Waals surface area contributed by atoms with Gasteiger partial charge in [0.2, 0.25) is 5.91 Å².